The highest BCUT2D eigenvalue weighted by atomic mass is 32.1. The van der Waals surface area contributed by atoms with Crippen LogP contribution in [0, 0.1) is 12.8 Å². The van der Waals surface area contributed by atoms with Crippen LogP contribution in [0.4, 0.5) is 5.00 Å². The smallest absolute Gasteiger partial charge is 0.341 e. The summed E-state index contributed by atoms with van der Waals surface area (Å²) < 4.78 is 5.24. The van der Waals surface area contributed by atoms with Gasteiger partial charge in [0.05, 0.1) is 6.61 Å². The molecule has 4 rings (SSSR count). The first-order chi connectivity index (χ1) is 14.5. The van der Waals surface area contributed by atoms with Gasteiger partial charge in [-0.25, -0.2) is 9.79 Å². The summed E-state index contributed by atoms with van der Waals surface area (Å²) in [5.41, 5.74) is 3.88. The fourth-order valence-electron chi connectivity index (χ4n) is 3.43. The van der Waals surface area contributed by atoms with E-state index in [1.165, 1.54) is 17.6 Å². The number of ether oxygens (including phenoxy) is 1. The third kappa shape index (κ3) is 3.50. The lowest BCUT2D eigenvalue weighted by molar-refractivity contribution is 0.0528. The van der Waals surface area contributed by atoms with E-state index in [9.17, 15) is 14.4 Å². The molecule has 0 atom stereocenters. The molecule has 0 saturated heterocycles. The van der Waals surface area contributed by atoms with Crippen molar-refractivity contribution in [2.24, 2.45) is 10.9 Å². The predicted octanol–water partition coefficient (Wildman–Crippen LogP) is 5.30. The average Bonchev–Trinajstić information content (AvgIpc) is 3.27. The first-order valence-electron chi connectivity index (χ1n) is 9.58. The van der Waals surface area contributed by atoms with Gasteiger partial charge in [0, 0.05) is 28.3 Å². The van der Waals surface area contributed by atoms with E-state index < -0.39 is 11.9 Å². The van der Waals surface area contributed by atoms with E-state index in [-0.39, 0.29) is 18.2 Å². The van der Waals surface area contributed by atoms with E-state index in [2.05, 4.69) is 4.99 Å². The number of hydrogen-bond donors (Lipinski definition) is 0. The number of esters is 1. The molecule has 0 spiro atoms. The molecule has 30 heavy (non-hydrogen) atoms. The molecule has 0 fully saturated rings. The maximum atomic E-state index is 12.7. The maximum absolute atomic E-state index is 12.7. The molecule has 0 aliphatic heterocycles. The van der Waals surface area contributed by atoms with Crippen molar-refractivity contribution in [3.05, 3.63) is 76.2 Å². The molecule has 2 aromatic carbocycles. The quantitative estimate of drug-likeness (QED) is 0.321. The molecule has 0 saturated carbocycles. The number of benzene rings is 2. The number of rotatable bonds is 5. The highest BCUT2D eigenvalue weighted by Crippen LogP contribution is 2.38. The summed E-state index contributed by atoms with van der Waals surface area (Å²) in [6.07, 6.45) is 1.35. The number of carbonyl (C=O) groups excluding carboxylic acids is 3. The zero-order valence-corrected chi connectivity index (χ0v) is 17.4. The van der Waals surface area contributed by atoms with E-state index in [4.69, 9.17) is 4.74 Å². The zero-order chi connectivity index (χ0) is 21.3. The number of nitrogens with zero attached hydrogens (tertiary/aromatic N) is 1. The molecule has 1 aromatic heterocycles. The van der Waals surface area contributed by atoms with Crippen molar-refractivity contribution >= 4 is 40.1 Å². The van der Waals surface area contributed by atoms with Gasteiger partial charge in [-0.1, -0.05) is 54.1 Å². The molecular weight excluding hydrogens is 398 g/mol. The fourth-order valence-corrected chi connectivity index (χ4v) is 4.35. The molecule has 0 amide bonds. The van der Waals surface area contributed by atoms with E-state index in [1.807, 2.05) is 36.6 Å². The Labute approximate surface area is 178 Å². The summed E-state index contributed by atoms with van der Waals surface area (Å²) in [7, 11) is 0. The van der Waals surface area contributed by atoms with Crippen LogP contribution in [0.1, 0.15) is 43.6 Å². The molecule has 0 N–H and O–H groups in total. The highest BCUT2D eigenvalue weighted by molar-refractivity contribution is 7.14. The molecule has 3 aromatic rings. The van der Waals surface area contributed by atoms with Crippen LogP contribution in [0.25, 0.3) is 11.1 Å². The summed E-state index contributed by atoms with van der Waals surface area (Å²) in [5.74, 6) is -1.99. The summed E-state index contributed by atoms with van der Waals surface area (Å²) in [5, 5.41) is 2.26. The fraction of sp³-hybridized carbons (Fsp3) is 0.167. The van der Waals surface area contributed by atoms with E-state index in [0.717, 1.165) is 16.7 Å². The minimum Gasteiger partial charge on any atom is -0.462 e. The molecule has 6 heteroatoms. The predicted molar refractivity (Wildman–Crippen MR) is 117 cm³/mol. The number of ketones is 2. The second-order valence-electron chi connectivity index (χ2n) is 6.95. The van der Waals surface area contributed by atoms with Crippen LogP contribution >= 0.6 is 11.3 Å². The Hall–Kier alpha value is -3.38. The number of aliphatic imine (C=N–C) groups is 1. The van der Waals surface area contributed by atoms with Crippen LogP contribution < -0.4 is 0 Å². The van der Waals surface area contributed by atoms with Gasteiger partial charge in [-0.15, -0.1) is 11.3 Å². The topological polar surface area (TPSA) is 72.8 Å². The SMILES string of the molecule is CCOC(=O)c1c(-c2ccc(C)cc2)csc1N=CC1C(=O)c2ccccc2C1=O. The molecule has 1 heterocycles. The van der Waals surface area contributed by atoms with E-state index >= 15 is 0 Å². The standard InChI is InChI=1S/C24H19NO4S/c1-3-29-24(28)20-19(15-10-8-14(2)9-11-15)13-30-23(20)25-12-18-21(26)16-6-4-5-7-17(16)22(18)27/h4-13,18H,3H2,1-2H3. The van der Waals surface area contributed by atoms with Gasteiger partial charge in [-0.2, -0.15) is 0 Å². The number of fused-ring (bicyclic) bond motifs is 1. The van der Waals surface area contributed by atoms with Gasteiger partial charge in [0.2, 0.25) is 0 Å². The van der Waals surface area contributed by atoms with Gasteiger partial charge in [-0.3, -0.25) is 9.59 Å². The normalized spacial score (nSPS) is 13.8. The Morgan fingerprint density at radius 2 is 1.67 bits per heavy atom. The number of Topliss-reactive ketones (excluding diaryl/α,β-unsaturated/α-hetero) is 2. The molecular formula is C24H19NO4S. The average molecular weight is 417 g/mol. The largest absolute Gasteiger partial charge is 0.462 e. The van der Waals surface area contributed by atoms with E-state index in [1.54, 1.807) is 31.2 Å². The second-order valence-corrected chi connectivity index (χ2v) is 7.80. The van der Waals surface area contributed by atoms with Crippen molar-refractivity contribution in [3.8, 4) is 11.1 Å². The Balaban J connectivity index is 1.71. The maximum Gasteiger partial charge on any atom is 0.341 e. The summed E-state index contributed by atoms with van der Waals surface area (Å²) >= 11 is 1.28. The van der Waals surface area contributed by atoms with Gasteiger partial charge in [0.15, 0.2) is 11.6 Å². The molecule has 0 unspecified atom stereocenters. The monoisotopic (exact) mass is 417 g/mol. The molecule has 1 aliphatic rings. The lowest BCUT2D eigenvalue weighted by Crippen LogP contribution is -2.16. The third-order valence-electron chi connectivity index (χ3n) is 4.98. The van der Waals surface area contributed by atoms with Crippen LogP contribution in [-0.4, -0.2) is 30.4 Å². The summed E-state index contributed by atoms with van der Waals surface area (Å²) in [4.78, 5) is 42.3. The van der Waals surface area contributed by atoms with Crippen LogP contribution in [0.2, 0.25) is 0 Å². The van der Waals surface area contributed by atoms with Crippen LogP contribution in [-0.2, 0) is 4.74 Å². The first kappa shape index (κ1) is 19.9. The molecule has 0 bridgehead atoms. The first-order valence-corrected chi connectivity index (χ1v) is 10.5. The Kier molecular flexibility index (Phi) is 5.42. The number of aryl methyl sites for hydroxylation is 1. The van der Waals surface area contributed by atoms with Gasteiger partial charge in [0.1, 0.15) is 16.5 Å². The number of thiophene rings is 1. The zero-order valence-electron chi connectivity index (χ0n) is 16.5. The number of hydrogen-bond acceptors (Lipinski definition) is 6. The van der Waals surface area contributed by atoms with Gasteiger partial charge in [-0.05, 0) is 19.4 Å². The van der Waals surface area contributed by atoms with E-state index in [0.29, 0.717) is 21.7 Å². The third-order valence-corrected chi connectivity index (χ3v) is 5.86. The van der Waals surface area contributed by atoms with Crippen LogP contribution in [0.15, 0.2) is 58.9 Å². The summed E-state index contributed by atoms with van der Waals surface area (Å²) in [6.45, 7) is 3.97. The minimum absolute atomic E-state index is 0.236. The van der Waals surface area contributed by atoms with Crippen molar-refractivity contribution in [1.82, 2.24) is 0 Å². The lowest BCUT2D eigenvalue weighted by atomic mass is 10.0. The van der Waals surface area contributed by atoms with Crippen molar-refractivity contribution in [2.45, 2.75) is 13.8 Å². The molecule has 0 radical (unpaired) electrons. The second kappa shape index (κ2) is 8.16. The Morgan fingerprint density at radius 3 is 2.27 bits per heavy atom. The van der Waals surface area contributed by atoms with Crippen LogP contribution in [0.3, 0.4) is 0 Å². The Morgan fingerprint density at radius 1 is 1.03 bits per heavy atom. The highest BCUT2D eigenvalue weighted by Gasteiger charge is 2.37. The van der Waals surface area contributed by atoms with Gasteiger partial charge < -0.3 is 4.74 Å². The molecule has 1 aliphatic carbocycles. The van der Waals surface area contributed by atoms with Crippen LogP contribution in [0.5, 0.6) is 0 Å². The van der Waals surface area contributed by atoms with Crippen molar-refractivity contribution in [3.63, 3.8) is 0 Å². The molecule has 150 valence electrons. The van der Waals surface area contributed by atoms with Crippen molar-refractivity contribution < 1.29 is 19.1 Å². The lowest BCUT2D eigenvalue weighted by Gasteiger charge is -2.06. The van der Waals surface area contributed by atoms with Gasteiger partial charge in [0.25, 0.3) is 0 Å². The summed E-state index contributed by atoms with van der Waals surface area (Å²) in [6, 6.07) is 14.6. The van der Waals surface area contributed by atoms with Crippen molar-refractivity contribution in [1.29, 1.82) is 0 Å². The minimum atomic E-state index is -0.970. The Bertz CT molecular complexity index is 1140. The number of carbonyl (C=O) groups is 3. The van der Waals surface area contributed by atoms with Gasteiger partial charge >= 0.3 is 5.97 Å². The van der Waals surface area contributed by atoms with Crippen molar-refractivity contribution in [2.75, 3.05) is 6.61 Å². The molecule has 5 nitrogen and oxygen atoms in total.